The monoisotopic (exact) mass is 371 g/mol. The first kappa shape index (κ1) is 16.5. The van der Waals surface area contributed by atoms with Gasteiger partial charge in [0.15, 0.2) is 9.84 Å². The Morgan fingerprint density at radius 2 is 1.65 bits per heavy atom. The second kappa shape index (κ2) is 5.77. The number of carbonyl (C=O) groups is 3. The standard InChI is InChI=1S/C18H13NO6S/c20-16-13-5-1-2-6-14(13)17(21)19(16)25-18(22)12-7-8-15-11(10-12)4-3-9-26(15,23)24/h1-2,5-8,10H,3-4,9H2. The Morgan fingerprint density at radius 1 is 1.00 bits per heavy atom. The van der Waals surface area contributed by atoms with E-state index in [0.717, 1.165) is 0 Å². The van der Waals surface area contributed by atoms with Gasteiger partial charge in [-0.3, -0.25) is 9.59 Å². The molecule has 0 saturated heterocycles. The van der Waals surface area contributed by atoms with E-state index in [1.54, 1.807) is 12.1 Å². The van der Waals surface area contributed by atoms with Crippen LogP contribution in [0.25, 0.3) is 0 Å². The van der Waals surface area contributed by atoms with Crippen LogP contribution in [0.15, 0.2) is 47.4 Å². The SMILES string of the molecule is O=C(ON1C(=O)c2ccccc2C1=O)c1ccc2c(c1)CCCS2(=O)=O. The van der Waals surface area contributed by atoms with Crippen molar-refractivity contribution in [1.29, 1.82) is 0 Å². The van der Waals surface area contributed by atoms with Gasteiger partial charge in [-0.15, -0.1) is 0 Å². The summed E-state index contributed by atoms with van der Waals surface area (Å²) in [6.07, 6.45) is 1.01. The molecule has 2 aromatic carbocycles. The van der Waals surface area contributed by atoms with Crippen molar-refractivity contribution in [2.45, 2.75) is 17.7 Å². The fraction of sp³-hybridized carbons (Fsp3) is 0.167. The summed E-state index contributed by atoms with van der Waals surface area (Å²) >= 11 is 0. The Morgan fingerprint density at radius 3 is 2.31 bits per heavy atom. The largest absolute Gasteiger partial charge is 0.363 e. The van der Waals surface area contributed by atoms with Crippen LogP contribution in [0.5, 0.6) is 0 Å². The summed E-state index contributed by atoms with van der Waals surface area (Å²) in [5, 5.41) is 0.434. The molecule has 0 aliphatic carbocycles. The molecule has 0 saturated carbocycles. The molecule has 0 atom stereocenters. The number of hydrogen-bond acceptors (Lipinski definition) is 6. The summed E-state index contributed by atoms with van der Waals surface area (Å²) in [7, 11) is -3.33. The van der Waals surface area contributed by atoms with E-state index < -0.39 is 27.6 Å². The van der Waals surface area contributed by atoms with Crippen molar-refractivity contribution in [3.8, 4) is 0 Å². The van der Waals surface area contributed by atoms with Crippen LogP contribution < -0.4 is 0 Å². The fourth-order valence-electron chi connectivity index (χ4n) is 3.15. The van der Waals surface area contributed by atoms with Crippen molar-refractivity contribution < 1.29 is 27.6 Å². The average Bonchev–Trinajstić information content (AvgIpc) is 2.86. The van der Waals surface area contributed by atoms with E-state index in [1.807, 2.05) is 0 Å². The molecular weight excluding hydrogens is 358 g/mol. The Balaban J connectivity index is 1.60. The van der Waals surface area contributed by atoms with E-state index in [-0.39, 0.29) is 27.3 Å². The van der Waals surface area contributed by atoms with Gasteiger partial charge in [-0.25, -0.2) is 13.2 Å². The van der Waals surface area contributed by atoms with Crippen LogP contribution in [-0.4, -0.2) is 37.0 Å². The highest BCUT2D eigenvalue weighted by Crippen LogP contribution is 2.27. The number of hydrogen-bond donors (Lipinski definition) is 0. The molecule has 132 valence electrons. The van der Waals surface area contributed by atoms with Gasteiger partial charge in [-0.1, -0.05) is 17.2 Å². The Kier molecular flexibility index (Phi) is 3.66. The lowest BCUT2D eigenvalue weighted by atomic mass is 10.1. The summed E-state index contributed by atoms with van der Waals surface area (Å²) in [5.41, 5.74) is 0.953. The molecule has 2 aliphatic rings. The maximum absolute atomic E-state index is 12.4. The molecule has 26 heavy (non-hydrogen) atoms. The number of amides is 2. The van der Waals surface area contributed by atoms with Crippen LogP contribution >= 0.6 is 0 Å². The van der Waals surface area contributed by atoms with Gasteiger partial charge < -0.3 is 4.84 Å². The number of benzene rings is 2. The topological polar surface area (TPSA) is 97.8 Å². The summed E-state index contributed by atoms with van der Waals surface area (Å²) in [4.78, 5) is 42.1. The molecule has 2 aromatic rings. The number of rotatable bonds is 2. The third kappa shape index (κ3) is 2.50. The quantitative estimate of drug-likeness (QED) is 0.747. The molecule has 0 spiro atoms. The minimum atomic E-state index is -3.33. The summed E-state index contributed by atoms with van der Waals surface area (Å²) < 4.78 is 24.1. The molecule has 2 aliphatic heterocycles. The van der Waals surface area contributed by atoms with Gasteiger partial charge >= 0.3 is 5.97 Å². The van der Waals surface area contributed by atoms with Crippen LogP contribution in [0.4, 0.5) is 0 Å². The minimum absolute atomic E-state index is 0.0809. The van der Waals surface area contributed by atoms with Crippen LogP contribution in [-0.2, 0) is 21.1 Å². The second-order valence-electron chi connectivity index (χ2n) is 6.07. The maximum atomic E-state index is 12.4. The highest BCUT2D eigenvalue weighted by atomic mass is 32.2. The molecule has 2 heterocycles. The Bertz CT molecular complexity index is 1040. The van der Waals surface area contributed by atoms with Gasteiger partial charge in [0.1, 0.15) is 0 Å². The predicted octanol–water partition coefficient (Wildman–Crippen LogP) is 1.77. The predicted molar refractivity (Wildman–Crippen MR) is 89.2 cm³/mol. The van der Waals surface area contributed by atoms with Crippen LogP contribution in [0.2, 0.25) is 0 Å². The molecule has 0 unspecified atom stereocenters. The first-order valence-electron chi connectivity index (χ1n) is 7.94. The summed E-state index contributed by atoms with van der Waals surface area (Å²) in [5.74, 6) is -2.23. The summed E-state index contributed by atoms with van der Waals surface area (Å²) in [6, 6.07) is 10.3. The van der Waals surface area contributed by atoms with E-state index in [4.69, 9.17) is 4.84 Å². The number of imide groups is 1. The molecule has 4 rings (SSSR count). The lowest BCUT2D eigenvalue weighted by molar-refractivity contribution is -0.0584. The summed E-state index contributed by atoms with van der Waals surface area (Å²) in [6.45, 7) is 0. The van der Waals surface area contributed by atoms with Gasteiger partial charge in [-0.2, -0.15) is 0 Å². The number of carbonyl (C=O) groups excluding carboxylic acids is 3. The number of aryl methyl sites for hydroxylation is 1. The highest BCUT2D eigenvalue weighted by Gasteiger charge is 2.39. The molecular formula is C18H13NO6S. The van der Waals surface area contributed by atoms with Crippen molar-refractivity contribution in [3.63, 3.8) is 0 Å². The number of hydroxylamine groups is 2. The van der Waals surface area contributed by atoms with Gasteiger partial charge in [0.05, 0.1) is 27.3 Å². The zero-order chi connectivity index (χ0) is 18.5. The third-order valence-corrected chi connectivity index (χ3v) is 6.32. The molecule has 0 bridgehead atoms. The Labute approximate surface area is 149 Å². The van der Waals surface area contributed by atoms with E-state index in [9.17, 15) is 22.8 Å². The molecule has 0 N–H and O–H groups in total. The molecule has 0 aromatic heterocycles. The second-order valence-corrected chi connectivity index (χ2v) is 8.15. The number of sulfone groups is 1. The smallest absolute Gasteiger partial charge is 0.324 e. The van der Waals surface area contributed by atoms with Crippen molar-refractivity contribution in [1.82, 2.24) is 5.06 Å². The lowest BCUT2D eigenvalue weighted by Gasteiger charge is -2.17. The van der Waals surface area contributed by atoms with E-state index in [0.29, 0.717) is 23.5 Å². The lowest BCUT2D eigenvalue weighted by Crippen LogP contribution is -2.32. The van der Waals surface area contributed by atoms with E-state index in [2.05, 4.69) is 0 Å². The highest BCUT2D eigenvalue weighted by molar-refractivity contribution is 7.91. The zero-order valence-corrected chi connectivity index (χ0v) is 14.3. The third-order valence-electron chi connectivity index (χ3n) is 4.42. The van der Waals surface area contributed by atoms with Crippen LogP contribution in [0, 0.1) is 0 Å². The number of fused-ring (bicyclic) bond motifs is 2. The van der Waals surface area contributed by atoms with Crippen molar-refractivity contribution >= 4 is 27.6 Å². The van der Waals surface area contributed by atoms with Gasteiger partial charge in [0.25, 0.3) is 11.8 Å². The van der Waals surface area contributed by atoms with E-state index in [1.165, 1.54) is 30.3 Å². The normalized spacial score (nSPS) is 17.6. The molecule has 0 radical (unpaired) electrons. The van der Waals surface area contributed by atoms with Crippen LogP contribution in [0.3, 0.4) is 0 Å². The van der Waals surface area contributed by atoms with Crippen molar-refractivity contribution in [2.75, 3.05) is 5.75 Å². The molecule has 2 amide bonds. The van der Waals surface area contributed by atoms with Crippen molar-refractivity contribution in [2.24, 2.45) is 0 Å². The maximum Gasteiger partial charge on any atom is 0.363 e. The van der Waals surface area contributed by atoms with Crippen LogP contribution in [0.1, 0.15) is 43.1 Å². The molecule has 0 fully saturated rings. The Hall–Kier alpha value is -3.00. The zero-order valence-electron chi connectivity index (χ0n) is 13.5. The van der Waals surface area contributed by atoms with E-state index >= 15 is 0 Å². The molecule has 7 nitrogen and oxygen atoms in total. The van der Waals surface area contributed by atoms with Gasteiger partial charge in [0, 0.05) is 0 Å². The van der Waals surface area contributed by atoms with Gasteiger partial charge in [0.2, 0.25) is 0 Å². The van der Waals surface area contributed by atoms with Crippen molar-refractivity contribution in [3.05, 3.63) is 64.7 Å². The minimum Gasteiger partial charge on any atom is -0.324 e. The first-order valence-corrected chi connectivity index (χ1v) is 9.59. The molecule has 8 heteroatoms. The first-order chi connectivity index (χ1) is 12.4. The number of nitrogens with zero attached hydrogens (tertiary/aromatic N) is 1. The average molecular weight is 371 g/mol. The van der Waals surface area contributed by atoms with Gasteiger partial charge in [-0.05, 0) is 48.7 Å². The fourth-order valence-corrected chi connectivity index (χ4v) is 4.73.